The molecule has 0 radical (unpaired) electrons. The van der Waals surface area contributed by atoms with Crippen molar-refractivity contribution in [2.45, 2.75) is 49.0 Å². The quantitative estimate of drug-likeness (QED) is 0.306. The molecule has 1 saturated heterocycles. The van der Waals surface area contributed by atoms with Gasteiger partial charge in [0.1, 0.15) is 43.2 Å². The van der Waals surface area contributed by atoms with E-state index in [0.717, 1.165) is 0 Å². The van der Waals surface area contributed by atoms with Gasteiger partial charge in [0.2, 0.25) is 0 Å². The van der Waals surface area contributed by atoms with Crippen molar-refractivity contribution < 1.29 is 52.2 Å². The van der Waals surface area contributed by atoms with Crippen LogP contribution in [0.1, 0.15) is 0 Å². The lowest BCUT2D eigenvalue weighted by atomic mass is 9.97. The van der Waals surface area contributed by atoms with Gasteiger partial charge in [-0.1, -0.05) is 0 Å². The number of hydrogen-bond donors (Lipinski definition) is 0. The molecule has 1 fully saturated rings. The molecule has 0 aromatic heterocycles. The first kappa shape index (κ1) is 28.3. The number of Topliss-reactive ketones (excluding diaryl/α,β-unsaturated/α-hetero) is 1. The van der Waals surface area contributed by atoms with E-state index in [9.17, 15) is 4.79 Å². The molecular formula is C20H38O11. The van der Waals surface area contributed by atoms with Crippen molar-refractivity contribution in [2.75, 3.05) is 76.7 Å². The minimum Gasteiger partial charge on any atom is -0.382 e. The fourth-order valence-corrected chi connectivity index (χ4v) is 3.72. The lowest BCUT2D eigenvalue weighted by molar-refractivity contribution is -0.327. The third-order valence-corrected chi connectivity index (χ3v) is 5.19. The Bertz CT molecular complexity index is 492. The molecule has 0 aromatic carbocycles. The summed E-state index contributed by atoms with van der Waals surface area (Å²) in [6.07, 6.45) is -5.67. The van der Waals surface area contributed by atoms with Gasteiger partial charge in [-0.05, 0) is 0 Å². The Morgan fingerprint density at radius 1 is 0.806 bits per heavy atom. The fourth-order valence-electron chi connectivity index (χ4n) is 3.72. The van der Waals surface area contributed by atoms with Gasteiger partial charge in [-0.2, -0.15) is 0 Å². The van der Waals surface area contributed by atoms with Crippen LogP contribution in [0.15, 0.2) is 0 Å². The molecule has 0 spiro atoms. The van der Waals surface area contributed by atoms with Crippen LogP contribution in [0.2, 0.25) is 0 Å². The van der Waals surface area contributed by atoms with E-state index in [1.165, 1.54) is 35.5 Å². The predicted octanol–water partition coefficient (Wildman–Crippen LogP) is -0.320. The SMILES string of the molecule is COCC(=O)[C@@H](O[C@H]1O[C@H](COC)[C@@H](OC)[C@H](OC)[C@H]1OC)[C@H](OC)[C@@H](COC)OC. The Hall–Kier alpha value is -0.730. The Balaban J connectivity index is 3.25. The standard InChI is InChI=1S/C20H38O11/c1-22-9-12(21)15(16(26-5)13(25-4)10-23-2)31-20-19(29-8)18(28-7)17(27-6)14(30-20)11-24-3/h13-20H,9-11H2,1-8H3/t13-,14-,15-,16-,17-,18+,19-,20-/m1/s1. The van der Waals surface area contributed by atoms with Crippen molar-refractivity contribution in [2.24, 2.45) is 0 Å². The normalized spacial score (nSPS) is 29.5. The van der Waals surface area contributed by atoms with Crippen molar-refractivity contribution in [3.8, 4) is 0 Å². The average Bonchev–Trinajstić information content (AvgIpc) is 2.77. The molecule has 0 saturated carbocycles. The van der Waals surface area contributed by atoms with Crippen LogP contribution >= 0.6 is 0 Å². The van der Waals surface area contributed by atoms with Crippen molar-refractivity contribution in [3.05, 3.63) is 0 Å². The molecule has 31 heavy (non-hydrogen) atoms. The summed E-state index contributed by atoms with van der Waals surface area (Å²) < 4.78 is 55.6. The van der Waals surface area contributed by atoms with E-state index >= 15 is 0 Å². The summed E-state index contributed by atoms with van der Waals surface area (Å²) in [7, 11) is 12.1. The minimum atomic E-state index is -1.09. The lowest BCUT2D eigenvalue weighted by Crippen LogP contribution is -2.63. The maximum absolute atomic E-state index is 12.9. The summed E-state index contributed by atoms with van der Waals surface area (Å²) in [6, 6.07) is 0. The first-order chi connectivity index (χ1) is 15.0. The van der Waals surface area contributed by atoms with Gasteiger partial charge in [0.15, 0.2) is 18.2 Å². The highest BCUT2D eigenvalue weighted by atomic mass is 16.7. The van der Waals surface area contributed by atoms with Crippen LogP contribution in [0.25, 0.3) is 0 Å². The summed E-state index contributed by atoms with van der Waals surface area (Å²) in [5.41, 5.74) is 0. The summed E-state index contributed by atoms with van der Waals surface area (Å²) >= 11 is 0. The van der Waals surface area contributed by atoms with Gasteiger partial charge in [0.25, 0.3) is 0 Å². The number of ether oxygens (including phenoxy) is 10. The largest absolute Gasteiger partial charge is 0.382 e. The fraction of sp³-hybridized carbons (Fsp3) is 0.950. The van der Waals surface area contributed by atoms with Crippen molar-refractivity contribution in [1.82, 2.24) is 0 Å². The molecule has 184 valence electrons. The van der Waals surface area contributed by atoms with Crippen LogP contribution in [0, 0.1) is 0 Å². The monoisotopic (exact) mass is 454 g/mol. The highest BCUT2D eigenvalue weighted by Gasteiger charge is 2.50. The molecular weight excluding hydrogens is 416 g/mol. The predicted molar refractivity (Wildman–Crippen MR) is 108 cm³/mol. The topological polar surface area (TPSA) is 109 Å². The molecule has 0 bridgehead atoms. The number of ketones is 1. The van der Waals surface area contributed by atoms with Gasteiger partial charge in [-0.15, -0.1) is 0 Å². The van der Waals surface area contributed by atoms with Gasteiger partial charge in [0, 0.05) is 56.9 Å². The second-order valence-electron chi connectivity index (χ2n) is 6.99. The van der Waals surface area contributed by atoms with E-state index < -0.39 is 49.0 Å². The first-order valence-corrected chi connectivity index (χ1v) is 9.92. The van der Waals surface area contributed by atoms with Crippen LogP contribution in [-0.2, 0) is 52.2 Å². The van der Waals surface area contributed by atoms with E-state index in [0.29, 0.717) is 0 Å². The molecule has 1 aliphatic heterocycles. The summed E-state index contributed by atoms with van der Waals surface area (Å²) in [5, 5.41) is 0. The molecule has 0 amide bonds. The van der Waals surface area contributed by atoms with E-state index in [2.05, 4.69) is 0 Å². The van der Waals surface area contributed by atoms with Gasteiger partial charge in [0.05, 0.1) is 13.2 Å². The molecule has 11 heteroatoms. The second kappa shape index (κ2) is 15.2. The van der Waals surface area contributed by atoms with Gasteiger partial charge < -0.3 is 47.4 Å². The zero-order valence-electron chi connectivity index (χ0n) is 19.7. The highest BCUT2D eigenvalue weighted by molar-refractivity contribution is 5.85. The number of rotatable bonds is 16. The Morgan fingerprint density at radius 2 is 1.45 bits per heavy atom. The van der Waals surface area contributed by atoms with Gasteiger partial charge in [-0.25, -0.2) is 0 Å². The van der Waals surface area contributed by atoms with Crippen LogP contribution in [-0.4, -0.2) is 132 Å². The lowest BCUT2D eigenvalue weighted by Gasteiger charge is -2.45. The minimum absolute atomic E-state index is 0.186. The smallest absolute Gasteiger partial charge is 0.189 e. The van der Waals surface area contributed by atoms with Crippen LogP contribution in [0.5, 0.6) is 0 Å². The molecule has 1 heterocycles. The number of hydrogen-bond acceptors (Lipinski definition) is 11. The van der Waals surface area contributed by atoms with Crippen LogP contribution < -0.4 is 0 Å². The first-order valence-electron chi connectivity index (χ1n) is 9.92. The van der Waals surface area contributed by atoms with E-state index in [-0.39, 0.29) is 25.6 Å². The van der Waals surface area contributed by atoms with Crippen LogP contribution in [0.3, 0.4) is 0 Å². The Morgan fingerprint density at radius 3 is 1.90 bits per heavy atom. The Kier molecular flexibility index (Phi) is 13.8. The molecule has 0 N–H and O–H groups in total. The zero-order chi connectivity index (χ0) is 23.4. The molecule has 1 aliphatic rings. The van der Waals surface area contributed by atoms with Gasteiger partial charge >= 0.3 is 0 Å². The van der Waals surface area contributed by atoms with Gasteiger partial charge in [-0.3, -0.25) is 4.79 Å². The number of carbonyl (C=O) groups is 1. The molecule has 0 aromatic rings. The van der Waals surface area contributed by atoms with E-state index in [1.807, 2.05) is 0 Å². The van der Waals surface area contributed by atoms with Crippen molar-refractivity contribution in [1.29, 1.82) is 0 Å². The summed E-state index contributed by atoms with van der Waals surface area (Å²) in [5.74, 6) is -0.350. The number of carbonyl (C=O) groups excluding carboxylic acids is 1. The van der Waals surface area contributed by atoms with Crippen molar-refractivity contribution in [3.63, 3.8) is 0 Å². The summed E-state index contributed by atoms with van der Waals surface area (Å²) in [6.45, 7) is 0.227. The molecule has 11 nitrogen and oxygen atoms in total. The van der Waals surface area contributed by atoms with Crippen molar-refractivity contribution >= 4 is 5.78 Å². The third-order valence-electron chi connectivity index (χ3n) is 5.19. The maximum Gasteiger partial charge on any atom is 0.189 e. The molecule has 8 atom stereocenters. The summed E-state index contributed by atoms with van der Waals surface area (Å²) in [4.78, 5) is 12.9. The van der Waals surface area contributed by atoms with Crippen LogP contribution in [0.4, 0.5) is 0 Å². The maximum atomic E-state index is 12.9. The second-order valence-corrected chi connectivity index (χ2v) is 6.99. The average molecular weight is 455 g/mol. The highest BCUT2D eigenvalue weighted by Crippen LogP contribution is 2.30. The van der Waals surface area contributed by atoms with E-state index in [4.69, 9.17) is 47.4 Å². The molecule has 0 aliphatic carbocycles. The number of methoxy groups -OCH3 is 8. The third kappa shape index (κ3) is 7.39. The molecule has 0 unspecified atom stereocenters. The zero-order valence-corrected chi connectivity index (χ0v) is 19.7. The van der Waals surface area contributed by atoms with E-state index in [1.54, 1.807) is 21.3 Å². The Labute approximate surface area is 184 Å². The molecule has 1 rings (SSSR count).